The van der Waals surface area contributed by atoms with Gasteiger partial charge in [-0.05, 0) is 29.8 Å². The summed E-state index contributed by atoms with van der Waals surface area (Å²) >= 11 is 0. The van der Waals surface area contributed by atoms with Crippen molar-refractivity contribution in [3.05, 3.63) is 60.2 Å². The first-order chi connectivity index (χ1) is 8.29. The maximum absolute atomic E-state index is 12.1. The second-order valence-corrected chi connectivity index (χ2v) is 5.10. The van der Waals surface area contributed by atoms with Crippen molar-refractivity contribution in [3.8, 4) is 5.75 Å². The molecule has 17 heavy (non-hydrogen) atoms. The number of hydrogen-bond donors (Lipinski definition) is 0. The average molecular weight is 246 g/mol. The highest BCUT2D eigenvalue weighted by atomic mass is 32.2. The molecule has 1 atom stereocenters. The van der Waals surface area contributed by atoms with E-state index in [1.165, 1.54) is 0 Å². The van der Waals surface area contributed by atoms with Gasteiger partial charge in [0.25, 0.3) is 0 Å². The van der Waals surface area contributed by atoms with Gasteiger partial charge in [-0.25, -0.2) is 0 Å². The van der Waals surface area contributed by atoms with Gasteiger partial charge in [0, 0.05) is 4.90 Å². The molecule has 88 valence electrons. The van der Waals surface area contributed by atoms with Crippen LogP contribution in [0.5, 0.6) is 5.75 Å². The predicted molar refractivity (Wildman–Crippen MR) is 69.5 cm³/mol. The average Bonchev–Trinajstić information content (AvgIpc) is 2.40. The molecule has 2 nitrogen and oxygen atoms in total. The van der Waals surface area contributed by atoms with E-state index >= 15 is 0 Å². The van der Waals surface area contributed by atoms with E-state index in [1.54, 1.807) is 7.11 Å². The molecule has 2 rings (SSSR count). The van der Waals surface area contributed by atoms with Gasteiger partial charge in [-0.2, -0.15) is 0 Å². The summed E-state index contributed by atoms with van der Waals surface area (Å²) in [6.45, 7) is 0. The third-order valence-electron chi connectivity index (χ3n) is 2.46. The zero-order valence-corrected chi connectivity index (χ0v) is 10.4. The zero-order valence-electron chi connectivity index (χ0n) is 9.63. The summed E-state index contributed by atoms with van der Waals surface area (Å²) in [5.41, 5.74) is 1.08. The van der Waals surface area contributed by atoms with Gasteiger partial charge in [0.05, 0.1) is 23.7 Å². The van der Waals surface area contributed by atoms with Crippen LogP contribution in [-0.4, -0.2) is 11.3 Å². The van der Waals surface area contributed by atoms with Gasteiger partial charge in [-0.3, -0.25) is 4.21 Å². The van der Waals surface area contributed by atoms with E-state index in [0.717, 1.165) is 16.2 Å². The Bertz CT molecular complexity index is 491. The summed E-state index contributed by atoms with van der Waals surface area (Å²) in [4.78, 5) is 0.828. The summed E-state index contributed by atoms with van der Waals surface area (Å²) in [7, 11) is 0.621. The lowest BCUT2D eigenvalue weighted by Gasteiger charge is -2.04. The Labute approximate surface area is 104 Å². The first-order valence-corrected chi connectivity index (χ1v) is 6.68. The van der Waals surface area contributed by atoms with Crippen LogP contribution in [0.3, 0.4) is 0 Å². The predicted octanol–water partition coefficient (Wildman–Crippen LogP) is 3.00. The number of benzene rings is 2. The van der Waals surface area contributed by atoms with Gasteiger partial charge in [0.1, 0.15) is 5.75 Å². The monoisotopic (exact) mass is 246 g/mol. The molecule has 0 aliphatic rings. The first kappa shape index (κ1) is 11.9. The second-order valence-electron chi connectivity index (χ2n) is 3.65. The van der Waals surface area contributed by atoms with Crippen LogP contribution in [0.25, 0.3) is 0 Å². The zero-order chi connectivity index (χ0) is 12.1. The van der Waals surface area contributed by atoms with Crippen molar-refractivity contribution in [3.63, 3.8) is 0 Å². The summed E-state index contributed by atoms with van der Waals surface area (Å²) in [5.74, 6) is 1.33. The maximum Gasteiger partial charge on any atom is 0.118 e. The topological polar surface area (TPSA) is 26.3 Å². The van der Waals surface area contributed by atoms with Gasteiger partial charge in [0.15, 0.2) is 0 Å². The Morgan fingerprint density at radius 2 is 1.65 bits per heavy atom. The molecule has 0 amide bonds. The molecule has 0 aliphatic carbocycles. The van der Waals surface area contributed by atoms with Crippen LogP contribution >= 0.6 is 0 Å². The van der Waals surface area contributed by atoms with Crippen molar-refractivity contribution in [2.75, 3.05) is 7.11 Å². The molecule has 0 saturated heterocycles. The number of methoxy groups -OCH3 is 1. The molecule has 3 heteroatoms. The van der Waals surface area contributed by atoms with E-state index in [9.17, 15) is 4.21 Å². The molecule has 0 spiro atoms. The summed E-state index contributed by atoms with van der Waals surface area (Å²) in [6, 6.07) is 17.2. The molecule has 0 N–H and O–H groups in total. The third-order valence-corrected chi connectivity index (χ3v) is 3.86. The molecule has 2 aromatic rings. The molecular formula is C14H14O2S. The molecular weight excluding hydrogens is 232 g/mol. The van der Waals surface area contributed by atoms with Crippen LogP contribution < -0.4 is 4.74 Å². The Morgan fingerprint density at radius 1 is 1.00 bits per heavy atom. The van der Waals surface area contributed by atoms with E-state index in [-0.39, 0.29) is 0 Å². The normalized spacial score (nSPS) is 12.1. The first-order valence-electron chi connectivity index (χ1n) is 5.36. The molecule has 0 aliphatic heterocycles. The summed E-state index contributed by atoms with van der Waals surface area (Å²) < 4.78 is 17.2. The van der Waals surface area contributed by atoms with E-state index < -0.39 is 10.8 Å². The van der Waals surface area contributed by atoms with E-state index in [4.69, 9.17) is 4.74 Å². The maximum atomic E-state index is 12.1. The molecule has 0 aromatic heterocycles. The fraction of sp³-hybridized carbons (Fsp3) is 0.143. The molecule has 0 radical (unpaired) electrons. The lowest BCUT2D eigenvalue weighted by atomic mass is 10.2. The lowest BCUT2D eigenvalue weighted by Crippen LogP contribution is -1.96. The number of rotatable bonds is 4. The van der Waals surface area contributed by atoms with Crippen LogP contribution in [0.2, 0.25) is 0 Å². The fourth-order valence-corrected chi connectivity index (χ4v) is 2.64. The van der Waals surface area contributed by atoms with E-state index in [1.807, 2.05) is 54.6 Å². The minimum Gasteiger partial charge on any atom is -0.497 e. The number of ether oxygens (including phenoxy) is 1. The molecule has 0 saturated carbocycles. The van der Waals surface area contributed by atoms with Crippen molar-refractivity contribution >= 4 is 10.8 Å². The van der Waals surface area contributed by atoms with Crippen LogP contribution in [0.15, 0.2) is 59.5 Å². The van der Waals surface area contributed by atoms with E-state index in [0.29, 0.717) is 5.75 Å². The molecule has 0 fully saturated rings. The Kier molecular flexibility index (Phi) is 3.94. The lowest BCUT2D eigenvalue weighted by molar-refractivity contribution is 0.414. The fourth-order valence-electron chi connectivity index (χ4n) is 1.54. The van der Waals surface area contributed by atoms with Crippen molar-refractivity contribution in [1.82, 2.24) is 0 Å². The van der Waals surface area contributed by atoms with Gasteiger partial charge >= 0.3 is 0 Å². The molecule has 0 heterocycles. The highest BCUT2D eigenvalue weighted by Crippen LogP contribution is 2.16. The van der Waals surface area contributed by atoms with Gasteiger partial charge in [-0.1, -0.05) is 30.3 Å². The molecule has 1 unspecified atom stereocenters. The standard InChI is InChI=1S/C14H14O2S/c1-16-13-7-9-14(10-8-13)17(15)11-12-5-3-2-4-6-12/h2-10H,11H2,1H3. The Hall–Kier alpha value is -1.61. The van der Waals surface area contributed by atoms with Crippen molar-refractivity contribution in [2.24, 2.45) is 0 Å². The summed E-state index contributed by atoms with van der Waals surface area (Å²) in [6.07, 6.45) is 0. The van der Waals surface area contributed by atoms with Gasteiger partial charge < -0.3 is 4.74 Å². The third kappa shape index (κ3) is 3.17. The van der Waals surface area contributed by atoms with Crippen LogP contribution in [0.1, 0.15) is 5.56 Å². The quantitative estimate of drug-likeness (QED) is 0.829. The van der Waals surface area contributed by atoms with Gasteiger partial charge in [0.2, 0.25) is 0 Å². The van der Waals surface area contributed by atoms with Crippen LogP contribution in [0, 0.1) is 0 Å². The van der Waals surface area contributed by atoms with Crippen molar-refractivity contribution < 1.29 is 8.95 Å². The van der Waals surface area contributed by atoms with Crippen LogP contribution in [0.4, 0.5) is 0 Å². The van der Waals surface area contributed by atoms with Crippen LogP contribution in [-0.2, 0) is 16.6 Å². The number of hydrogen-bond acceptors (Lipinski definition) is 2. The van der Waals surface area contributed by atoms with E-state index in [2.05, 4.69) is 0 Å². The SMILES string of the molecule is COc1ccc(S(=O)Cc2ccccc2)cc1. The highest BCUT2D eigenvalue weighted by Gasteiger charge is 2.04. The largest absolute Gasteiger partial charge is 0.497 e. The highest BCUT2D eigenvalue weighted by molar-refractivity contribution is 7.84. The van der Waals surface area contributed by atoms with Crippen molar-refractivity contribution in [2.45, 2.75) is 10.6 Å². The van der Waals surface area contributed by atoms with Crippen molar-refractivity contribution in [1.29, 1.82) is 0 Å². The minimum absolute atomic E-state index is 0.549. The van der Waals surface area contributed by atoms with Gasteiger partial charge in [-0.15, -0.1) is 0 Å². The minimum atomic E-state index is -1.00. The smallest absolute Gasteiger partial charge is 0.118 e. The summed E-state index contributed by atoms with van der Waals surface area (Å²) in [5, 5.41) is 0. The molecule has 2 aromatic carbocycles. The second kappa shape index (κ2) is 5.64. The Balaban J connectivity index is 2.09. The molecule has 0 bridgehead atoms. The Morgan fingerprint density at radius 3 is 2.24 bits per heavy atom.